The van der Waals surface area contributed by atoms with E-state index in [9.17, 15) is 13.2 Å². The number of hydrogen-bond donors (Lipinski definition) is 1. The molecule has 0 unspecified atom stereocenters. The fraction of sp³-hybridized carbons (Fsp3) is 0.571. The zero-order chi connectivity index (χ0) is 10.6. The van der Waals surface area contributed by atoms with Crippen LogP contribution >= 0.6 is 15.9 Å². The molecule has 0 aliphatic heterocycles. The van der Waals surface area contributed by atoms with Crippen LogP contribution in [0.4, 0.5) is 13.2 Å². The van der Waals surface area contributed by atoms with E-state index >= 15 is 0 Å². The largest absolute Gasteiger partial charge is 0.401 e. The monoisotopic (exact) mass is 271 g/mol. The van der Waals surface area contributed by atoms with Crippen LogP contribution in [0, 0.1) is 0 Å². The molecule has 14 heavy (non-hydrogen) atoms. The second-order valence-corrected chi connectivity index (χ2v) is 3.63. The second-order valence-electron chi connectivity index (χ2n) is 2.71. The zero-order valence-electron chi connectivity index (χ0n) is 7.18. The number of aromatic nitrogens is 2. The summed E-state index contributed by atoms with van der Waals surface area (Å²) >= 11 is 3.19. The summed E-state index contributed by atoms with van der Waals surface area (Å²) in [5, 5.41) is 6.18. The van der Waals surface area contributed by atoms with E-state index in [2.05, 4.69) is 26.3 Å². The molecule has 0 radical (unpaired) electrons. The maximum atomic E-state index is 11.7. The predicted octanol–water partition coefficient (Wildman–Crippen LogP) is 1.80. The fourth-order valence-electron chi connectivity index (χ4n) is 0.884. The highest BCUT2D eigenvalue weighted by Gasteiger charge is 2.25. The highest BCUT2D eigenvalue weighted by Crippen LogP contribution is 2.12. The zero-order valence-corrected chi connectivity index (χ0v) is 8.77. The van der Waals surface area contributed by atoms with Crippen molar-refractivity contribution >= 4 is 15.9 Å². The summed E-state index contributed by atoms with van der Waals surface area (Å²) < 4.78 is 37.5. The molecule has 0 saturated carbocycles. The topological polar surface area (TPSA) is 29.9 Å². The summed E-state index contributed by atoms with van der Waals surface area (Å²) in [5.74, 6) is 0. The van der Waals surface area contributed by atoms with Gasteiger partial charge in [-0.25, -0.2) is 0 Å². The van der Waals surface area contributed by atoms with Gasteiger partial charge in [-0.05, 0) is 15.9 Å². The quantitative estimate of drug-likeness (QED) is 0.847. The Morgan fingerprint density at radius 3 is 2.71 bits per heavy atom. The van der Waals surface area contributed by atoms with Crippen molar-refractivity contribution in [3.8, 4) is 0 Å². The molecule has 7 heteroatoms. The van der Waals surface area contributed by atoms with Crippen LogP contribution in [0.5, 0.6) is 0 Å². The smallest absolute Gasteiger partial charge is 0.307 e. The van der Waals surface area contributed by atoms with Gasteiger partial charge in [-0.2, -0.15) is 18.3 Å². The Kier molecular flexibility index (Phi) is 3.94. The van der Waals surface area contributed by atoms with Crippen LogP contribution in [-0.4, -0.2) is 29.0 Å². The van der Waals surface area contributed by atoms with Crippen molar-refractivity contribution in [1.82, 2.24) is 15.1 Å². The maximum absolute atomic E-state index is 11.7. The van der Waals surface area contributed by atoms with Gasteiger partial charge in [0.25, 0.3) is 0 Å². The number of nitrogens with zero attached hydrogens (tertiary/aromatic N) is 2. The van der Waals surface area contributed by atoms with Crippen molar-refractivity contribution in [2.75, 3.05) is 13.1 Å². The molecule has 0 saturated heterocycles. The van der Waals surface area contributed by atoms with Crippen LogP contribution in [-0.2, 0) is 6.54 Å². The summed E-state index contributed by atoms with van der Waals surface area (Å²) in [6, 6.07) is 0. The van der Waals surface area contributed by atoms with Gasteiger partial charge in [0.1, 0.15) is 0 Å². The Morgan fingerprint density at radius 1 is 1.50 bits per heavy atom. The molecule has 80 valence electrons. The molecule has 0 atom stereocenters. The van der Waals surface area contributed by atoms with Crippen LogP contribution in [0.25, 0.3) is 0 Å². The summed E-state index contributed by atoms with van der Waals surface area (Å²) in [7, 11) is 0. The first-order valence-corrected chi connectivity index (χ1v) is 4.72. The van der Waals surface area contributed by atoms with Crippen molar-refractivity contribution < 1.29 is 13.2 Å². The highest BCUT2D eigenvalue weighted by atomic mass is 79.9. The van der Waals surface area contributed by atoms with E-state index < -0.39 is 12.7 Å². The number of alkyl halides is 3. The van der Waals surface area contributed by atoms with Crippen LogP contribution < -0.4 is 5.32 Å². The Bertz CT molecular complexity index is 284. The SMILES string of the molecule is FC(F)(F)CNCCn1cc(Br)cn1. The molecule has 1 N–H and O–H groups in total. The molecule has 0 bridgehead atoms. The minimum Gasteiger partial charge on any atom is -0.307 e. The minimum atomic E-state index is -4.15. The van der Waals surface area contributed by atoms with Crippen LogP contribution in [0.3, 0.4) is 0 Å². The lowest BCUT2D eigenvalue weighted by Gasteiger charge is -2.07. The maximum Gasteiger partial charge on any atom is 0.401 e. The third kappa shape index (κ3) is 4.61. The third-order valence-electron chi connectivity index (χ3n) is 1.44. The average molecular weight is 272 g/mol. The first-order chi connectivity index (χ1) is 6.47. The highest BCUT2D eigenvalue weighted by molar-refractivity contribution is 9.10. The van der Waals surface area contributed by atoms with Crippen molar-refractivity contribution in [3.05, 3.63) is 16.9 Å². The lowest BCUT2D eigenvalue weighted by Crippen LogP contribution is -2.31. The van der Waals surface area contributed by atoms with Gasteiger partial charge in [0.15, 0.2) is 0 Å². The predicted molar refractivity (Wildman–Crippen MR) is 48.9 cm³/mol. The summed E-state index contributed by atoms with van der Waals surface area (Å²) in [5.41, 5.74) is 0. The lowest BCUT2D eigenvalue weighted by atomic mass is 10.5. The Labute approximate surface area is 87.4 Å². The Balaban J connectivity index is 2.16. The average Bonchev–Trinajstić information content (AvgIpc) is 2.44. The van der Waals surface area contributed by atoms with Crippen molar-refractivity contribution in [3.63, 3.8) is 0 Å². The van der Waals surface area contributed by atoms with Gasteiger partial charge in [-0.1, -0.05) is 0 Å². The molecule has 1 aromatic rings. The normalized spacial score (nSPS) is 12.0. The molecule has 0 aliphatic rings. The molecule has 1 heterocycles. The van der Waals surface area contributed by atoms with Gasteiger partial charge in [0.2, 0.25) is 0 Å². The molecule has 0 amide bonds. The van der Waals surface area contributed by atoms with Crippen LogP contribution in [0.1, 0.15) is 0 Å². The standard InChI is InChI=1S/C7H9BrF3N3/c8-6-3-13-14(4-6)2-1-12-5-7(9,10)11/h3-4,12H,1-2,5H2. The molecular weight excluding hydrogens is 263 g/mol. The van der Waals surface area contributed by atoms with Crippen LogP contribution in [0.2, 0.25) is 0 Å². The number of nitrogens with one attached hydrogen (secondary N) is 1. The van der Waals surface area contributed by atoms with Crippen molar-refractivity contribution in [2.45, 2.75) is 12.7 Å². The van der Waals surface area contributed by atoms with Gasteiger partial charge >= 0.3 is 6.18 Å². The van der Waals surface area contributed by atoms with Gasteiger partial charge in [-0.3, -0.25) is 4.68 Å². The van der Waals surface area contributed by atoms with E-state index in [1.807, 2.05) is 0 Å². The van der Waals surface area contributed by atoms with Crippen molar-refractivity contribution in [2.24, 2.45) is 0 Å². The fourth-order valence-corrected chi connectivity index (χ4v) is 1.21. The summed E-state index contributed by atoms with van der Waals surface area (Å²) in [6.45, 7) is -0.301. The van der Waals surface area contributed by atoms with E-state index in [1.54, 1.807) is 17.1 Å². The molecule has 0 fully saturated rings. The summed E-state index contributed by atoms with van der Waals surface area (Å²) in [6.07, 6.45) is -0.857. The van der Waals surface area contributed by atoms with Gasteiger partial charge in [0.05, 0.1) is 23.8 Å². The Morgan fingerprint density at radius 2 is 2.21 bits per heavy atom. The first kappa shape index (κ1) is 11.5. The lowest BCUT2D eigenvalue weighted by molar-refractivity contribution is -0.124. The molecule has 1 rings (SSSR count). The number of hydrogen-bond acceptors (Lipinski definition) is 2. The van der Waals surface area contributed by atoms with E-state index in [0.29, 0.717) is 6.54 Å². The van der Waals surface area contributed by atoms with E-state index in [-0.39, 0.29) is 6.54 Å². The number of rotatable bonds is 4. The molecule has 3 nitrogen and oxygen atoms in total. The van der Waals surface area contributed by atoms with Crippen molar-refractivity contribution in [1.29, 1.82) is 0 Å². The van der Waals surface area contributed by atoms with E-state index in [0.717, 1.165) is 4.47 Å². The summed E-state index contributed by atoms with van der Waals surface area (Å²) in [4.78, 5) is 0. The van der Waals surface area contributed by atoms with Crippen LogP contribution in [0.15, 0.2) is 16.9 Å². The molecule has 0 aromatic carbocycles. The number of halogens is 4. The van der Waals surface area contributed by atoms with Gasteiger partial charge in [-0.15, -0.1) is 0 Å². The van der Waals surface area contributed by atoms with Gasteiger partial charge in [0, 0.05) is 12.7 Å². The van der Waals surface area contributed by atoms with E-state index in [1.165, 1.54) is 0 Å². The minimum absolute atomic E-state index is 0.244. The molecule has 0 aliphatic carbocycles. The van der Waals surface area contributed by atoms with E-state index in [4.69, 9.17) is 0 Å². The van der Waals surface area contributed by atoms with Gasteiger partial charge < -0.3 is 5.32 Å². The molecular formula is C7H9BrF3N3. The second kappa shape index (κ2) is 4.79. The Hall–Kier alpha value is -0.560. The third-order valence-corrected chi connectivity index (χ3v) is 1.85. The first-order valence-electron chi connectivity index (χ1n) is 3.93. The molecule has 0 spiro atoms. The molecule has 1 aromatic heterocycles.